The lowest BCUT2D eigenvalue weighted by Gasteiger charge is -2.39. The minimum absolute atomic E-state index is 0.242. The van der Waals surface area contributed by atoms with Gasteiger partial charge in [-0.05, 0) is 35.4 Å². The standard InChI is InChI=1S/C14H20N4O2/c1-17-6-7-18(10-12(17)5-8-19)9-11-3-2-4-13-14(11)16-20-15-13/h2-4,12,19H,5-10H2,1H3/t12-/m0/s1. The van der Waals surface area contributed by atoms with Gasteiger partial charge in [-0.25, -0.2) is 4.63 Å². The SMILES string of the molecule is CN1CCN(Cc2cccc3nonc23)C[C@@H]1CCO. The fraction of sp³-hybridized carbons (Fsp3) is 0.571. The maximum atomic E-state index is 9.15. The van der Waals surface area contributed by atoms with Gasteiger partial charge in [0, 0.05) is 38.8 Å². The number of piperazine rings is 1. The highest BCUT2D eigenvalue weighted by Gasteiger charge is 2.24. The molecule has 1 N–H and O–H groups in total. The van der Waals surface area contributed by atoms with E-state index in [1.807, 2.05) is 12.1 Å². The van der Waals surface area contributed by atoms with Crippen LogP contribution in [0.5, 0.6) is 0 Å². The van der Waals surface area contributed by atoms with Gasteiger partial charge in [-0.3, -0.25) is 4.90 Å². The Bertz CT molecular complexity index is 571. The van der Waals surface area contributed by atoms with E-state index in [0.29, 0.717) is 6.04 Å². The molecule has 3 rings (SSSR count). The van der Waals surface area contributed by atoms with E-state index in [2.05, 4.69) is 33.2 Å². The van der Waals surface area contributed by atoms with Crippen LogP contribution in [-0.2, 0) is 6.54 Å². The Morgan fingerprint density at radius 2 is 2.25 bits per heavy atom. The van der Waals surface area contributed by atoms with Crippen LogP contribution in [0.2, 0.25) is 0 Å². The zero-order valence-electron chi connectivity index (χ0n) is 11.7. The minimum atomic E-state index is 0.242. The average Bonchev–Trinajstić information content (AvgIpc) is 2.92. The second kappa shape index (κ2) is 5.87. The highest BCUT2D eigenvalue weighted by molar-refractivity contribution is 5.76. The Morgan fingerprint density at radius 1 is 1.35 bits per heavy atom. The number of aromatic nitrogens is 2. The van der Waals surface area contributed by atoms with Crippen molar-refractivity contribution in [1.82, 2.24) is 20.1 Å². The molecule has 0 bridgehead atoms. The van der Waals surface area contributed by atoms with Crippen LogP contribution in [0, 0.1) is 0 Å². The molecule has 0 amide bonds. The molecule has 108 valence electrons. The third kappa shape index (κ3) is 2.67. The van der Waals surface area contributed by atoms with Crippen LogP contribution >= 0.6 is 0 Å². The Labute approximate surface area is 117 Å². The first-order chi connectivity index (χ1) is 9.78. The topological polar surface area (TPSA) is 65.6 Å². The van der Waals surface area contributed by atoms with E-state index in [0.717, 1.165) is 49.2 Å². The molecule has 1 atom stereocenters. The number of aliphatic hydroxyl groups is 1. The number of rotatable bonds is 4. The van der Waals surface area contributed by atoms with E-state index < -0.39 is 0 Å². The summed E-state index contributed by atoms with van der Waals surface area (Å²) in [6.45, 7) is 4.11. The first kappa shape index (κ1) is 13.5. The van der Waals surface area contributed by atoms with Gasteiger partial charge in [0.2, 0.25) is 0 Å². The van der Waals surface area contributed by atoms with Gasteiger partial charge in [0.05, 0.1) is 0 Å². The number of benzene rings is 1. The van der Waals surface area contributed by atoms with Gasteiger partial charge < -0.3 is 10.0 Å². The zero-order valence-corrected chi connectivity index (χ0v) is 11.7. The van der Waals surface area contributed by atoms with Gasteiger partial charge in [0.25, 0.3) is 0 Å². The van der Waals surface area contributed by atoms with Crippen molar-refractivity contribution in [3.63, 3.8) is 0 Å². The monoisotopic (exact) mass is 276 g/mol. The molecule has 0 radical (unpaired) electrons. The summed E-state index contributed by atoms with van der Waals surface area (Å²) in [4.78, 5) is 4.73. The molecule has 0 spiro atoms. The van der Waals surface area contributed by atoms with E-state index in [9.17, 15) is 0 Å². The van der Waals surface area contributed by atoms with Crippen molar-refractivity contribution in [2.75, 3.05) is 33.3 Å². The first-order valence-corrected chi connectivity index (χ1v) is 7.01. The molecular formula is C14H20N4O2. The minimum Gasteiger partial charge on any atom is -0.396 e. The van der Waals surface area contributed by atoms with Gasteiger partial charge in [0.15, 0.2) is 0 Å². The summed E-state index contributed by atoms with van der Waals surface area (Å²) >= 11 is 0. The summed E-state index contributed by atoms with van der Waals surface area (Å²) < 4.78 is 4.81. The number of aliphatic hydroxyl groups excluding tert-OH is 1. The predicted molar refractivity (Wildman–Crippen MR) is 75.2 cm³/mol. The Kier molecular flexibility index (Phi) is 3.95. The molecule has 1 aliphatic rings. The van der Waals surface area contributed by atoms with Gasteiger partial charge in [-0.1, -0.05) is 12.1 Å². The van der Waals surface area contributed by atoms with Crippen LogP contribution in [-0.4, -0.2) is 64.6 Å². The zero-order chi connectivity index (χ0) is 13.9. The normalized spacial score (nSPS) is 21.6. The molecule has 1 fully saturated rings. The average molecular weight is 276 g/mol. The summed E-state index contributed by atoms with van der Waals surface area (Å²) in [6.07, 6.45) is 0.822. The van der Waals surface area contributed by atoms with Crippen molar-refractivity contribution in [1.29, 1.82) is 0 Å². The van der Waals surface area contributed by atoms with Gasteiger partial charge >= 0.3 is 0 Å². The Hall–Kier alpha value is -1.50. The summed E-state index contributed by atoms with van der Waals surface area (Å²) in [5.41, 5.74) is 2.81. The van der Waals surface area contributed by atoms with Crippen LogP contribution in [0.1, 0.15) is 12.0 Å². The summed E-state index contributed by atoms with van der Waals surface area (Å²) in [5.74, 6) is 0. The van der Waals surface area contributed by atoms with Crippen molar-refractivity contribution < 1.29 is 9.74 Å². The van der Waals surface area contributed by atoms with Crippen molar-refractivity contribution in [3.05, 3.63) is 23.8 Å². The number of hydrogen-bond acceptors (Lipinski definition) is 6. The maximum absolute atomic E-state index is 9.15. The Morgan fingerprint density at radius 3 is 3.10 bits per heavy atom. The van der Waals surface area contributed by atoms with Crippen molar-refractivity contribution in [2.45, 2.75) is 19.0 Å². The number of hydrogen-bond donors (Lipinski definition) is 1. The molecular weight excluding hydrogens is 256 g/mol. The molecule has 1 saturated heterocycles. The molecule has 0 unspecified atom stereocenters. The third-order valence-electron chi connectivity index (χ3n) is 4.09. The van der Waals surface area contributed by atoms with Gasteiger partial charge in [0.1, 0.15) is 11.0 Å². The second-order valence-electron chi connectivity index (χ2n) is 5.43. The smallest absolute Gasteiger partial charge is 0.139 e. The summed E-state index contributed by atoms with van der Waals surface area (Å²) in [5, 5.41) is 17.0. The molecule has 6 nitrogen and oxygen atoms in total. The molecule has 1 aliphatic heterocycles. The lowest BCUT2D eigenvalue weighted by atomic mass is 10.1. The molecule has 6 heteroatoms. The first-order valence-electron chi connectivity index (χ1n) is 7.01. The van der Waals surface area contributed by atoms with Gasteiger partial charge in [-0.15, -0.1) is 0 Å². The fourth-order valence-electron chi connectivity index (χ4n) is 2.85. The molecule has 20 heavy (non-hydrogen) atoms. The van der Waals surface area contributed by atoms with Crippen molar-refractivity contribution in [3.8, 4) is 0 Å². The molecule has 0 saturated carbocycles. The lowest BCUT2D eigenvalue weighted by Crippen LogP contribution is -2.51. The highest BCUT2D eigenvalue weighted by atomic mass is 16.6. The quantitative estimate of drug-likeness (QED) is 0.887. The van der Waals surface area contributed by atoms with E-state index in [-0.39, 0.29) is 6.61 Å². The van der Waals surface area contributed by atoms with Crippen LogP contribution in [0.25, 0.3) is 11.0 Å². The fourth-order valence-corrected chi connectivity index (χ4v) is 2.85. The largest absolute Gasteiger partial charge is 0.396 e. The second-order valence-corrected chi connectivity index (χ2v) is 5.43. The third-order valence-corrected chi connectivity index (χ3v) is 4.09. The van der Waals surface area contributed by atoms with Crippen LogP contribution < -0.4 is 0 Å². The summed E-state index contributed by atoms with van der Waals surface area (Å²) in [7, 11) is 2.12. The molecule has 0 aliphatic carbocycles. The van der Waals surface area contributed by atoms with E-state index >= 15 is 0 Å². The molecule has 2 heterocycles. The van der Waals surface area contributed by atoms with Crippen molar-refractivity contribution in [2.24, 2.45) is 0 Å². The van der Waals surface area contributed by atoms with Crippen LogP contribution in [0.3, 0.4) is 0 Å². The van der Waals surface area contributed by atoms with Gasteiger partial charge in [-0.2, -0.15) is 0 Å². The lowest BCUT2D eigenvalue weighted by molar-refractivity contribution is 0.0745. The van der Waals surface area contributed by atoms with E-state index in [1.54, 1.807) is 0 Å². The Balaban J connectivity index is 1.73. The predicted octanol–water partition coefficient (Wildman–Crippen LogP) is 0.721. The number of nitrogens with zero attached hydrogens (tertiary/aromatic N) is 4. The maximum Gasteiger partial charge on any atom is 0.139 e. The van der Waals surface area contributed by atoms with E-state index in [4.69, 9.17) is 9.74 Å². The van der Waals surface area contributed by atoms with Crippen LogP contribution in [0.4, 0.5) is 0 Å². The number of fused-ring (bicyclic) bond motifs is 1. The van der Waals surface area contributed by atoms with Crippen molar-refractivity contribution >= 4 is 11.0 Å². The van der Waals surface area contributed by atoms with Crippen LogP contribution in [0.15, 0.2) is 22.8 Å². The summed E-state index contributed by atoms with van der Waals surface area (Å²) in [6, 6.07) is 6.39. The molecule has 2 aromatic rings. The van der Waals surface area contributed by atoms with E-state index in [1.165, 1.54) is 0 Å². The highest BCUT2D eigenvalue weighted by Crippen LogP contribution is 2.19. The molecule has 1 aromatic carbocycles. The molecule has 1 aromatic heterocycles. The number of likely N-dealkylation sites (N-methyl/N-ethyl adjacent to an activating group) is 1.